The predicted octanol–water partition coefficient (Wildman–Crippen LogP) is 2.38. The lowest BCUT2D eigenvalue weighted by molar-refractivity contribution is -0.116. The van der Waals surface area contributed by atoms with Crippen molar-refractivity contribution in [3.05, 3.63) is 23.9 Å². The summed E-state index contributed by atoms with van der Waals surface area (Å²) in [4.78, 5) is 15.4. The molecule has 0 spiro atoms. The van der Waals surface area contributed by atoms with Crippen LogP contribution in [0.15, 0.2) is 18.3 Å². The Hall–Kier alpha value is -1.38. The minimum absolute atomic E-state index is 0.0317. The predicted molar refractivity (Wildman–Crippen MR) is 57.2 cm³/mol. The van der Waals surface area contributed by atoms with Crippen LogP contribution in [0, 0.1) is 0 Å². The molecule has 1 aromatic heterocycles. The van der Waals surface area contributed by atoms with E-state index in [1.54, 1.807) is 6.20 Å². The first kappa shape index (κ1) is 10.7. The molecule has 1 heterocycles. The monoisotopic (exact) mass is 192 g/mol. The molecule has 1 rings (SSSR count). The molecule has 0 aliphatic carbocycles. The van der Waals surface area contributed by atoms with Gasteiger partial charge in [0, 0.05) is 12.6 Å². The van der Waals surface area contributed by atoms with E-state index in [9.17, 15) is 4.79 Å². The van der Waals surface area contributed by atoms with E-state index in [1.165, 1.54) is 5.56 Å². The normalized spacial score (nSPS) is 9.86. The average Bonchev–Trinajstić information content (AvgIpc) is 2.19. The highest BCUT2D eigenvalue weighted by molar-refractivity contribution is 5.89. The summed E-state index contributed by atoms with van der Waals surface area (Å²) in [6, 6.07) is 3.82. The van der Waals surface area contributed by atoms with E-state index in [-0.39, 0.29) is 5.91 Å². The molecule has 0 aliphatic rings. The Balaban J connectivity index is 2.55. The summed E-state index contributed by atoms with van der Waals surface area (Å²) in [7, 11) is 0. The molecule has 0 saturated carbocycles. The highest BCUT2D eigenvalue weighted by Gasteiger charge is 2.00. The molecule has 0 radical (unpaired) electrons. The van der Waals surface area contributed by atoms with E-state index in [0.717, 1.165) is 12.8 Å². The minimum Gasteiger partial charge on any atom is -0.311 e. The topological polar surface area (TPSA) is 42.0 Å². The van der Waals surface area contributed by atoms with Gasteiger partial charge in [0.05, 0.1) is 0 Å². The SMILES string of the molecule is CCCC(=O)Nc1ccc(CC)cn1. The summed E-state index contributed by atoms with van der Waals surface area (Å²) in [5.74, 6) is 0.671. The number of amides is 1. The van der Waals surface area contributed by atoms with Crippen LogP contribution in [0.1, 0.15) is 32.3 Å². The summed E-state index contributed by atoms with van der Waals surface area (Å²) in [5.41, 5.74) is 1.18. The molecule has 0 aromatic carbocycles. The smallest absolute Gasteiger partial charge is 0.225 e. The number of hydrogen-bond acceptors (Lipinski definition) is 2. The first-order valence-corrected chi connectivity index (χ1v) is 5.01. The Morgan fingerprint density at radius 2 is 2.21 bits per heavy atom. The Morgan fingerprint density at radius 1 is 1.43 bits per heavy atom. The van der Waals surface area contributed by atoms with Crippen LogP contribution >= 0.6 is 0 Å². The van der Waals surface area contributed by atoms with Crippen molar-refractivity contribution in [1.29, 1.82) is 0 Å². The highest BCUT2D eigenvalue weighted by atomic mass is 16.1. The number of rotatable bonds is 4. The van der Waals surface area contributed by atoms with Gasteiger partial charge in [-0.05, 0) is 24.5 Å². The zero-order valence-corrected chi connectivity index (χ0v) is 8.71. The first-order chi connectivity index (χ1) is 6.76. The Morgan fingerprint density at radius 3 is 2.71 bits per heavy atom. The van der Waals surface area contributed by atoms with Gasteiger partial charge >= 0.3 is 0 Å². The third kappa shape index (κ3) is 3.17. The molecule has 1 N–H and O–H groups in total. The van der Waals surface area contributed by atoms with Crippen molar-refractivity contribution in [3.63, 3.8) is 0 Å². The van der Waals surface area contributed by atoms with Gasteiger partial charge in [-0.3, -0.25) is 4.79 Å². The van der Waals surface area contributed by atoms with Crippen molar-refractivity contribution in [2.75, 3.05) is 5.32 Å². The molecule has 0 unspecified atom stereocenters. The fraction of sp³-hybridized carbons (Fsp3) is 0.455. The lowest BCUT2D eigenvalue weighted by Crippen LogP contribution is -2.11. The van der Waals surface area contributed by atoms with Crippen molar-refractivity contribution in [2.24, 2.45) is 0 Å². The Kier molecular flexibility index (Phi) is 4.11. The fourth-order valence-electron chi connectivity index (χ4n) is 1.14. The molecule has 76 valence electrons. The number of anilines is 1. The van der Waals surface area contributed by atoms with Crippen molar-refractivity contribution in [1.82, 2.24) is 4.98 Å². The summed E-state index contributed by atoms with van der Waals surface area (Å²) < 4.78 is 0. The second-order valence-electron chi connectivity index (χ2n) is 3.20. The van der Waals surface area contributed by atoms with Gasteiger partial charge in [-0.2, -0.15) is 0 Å². The summed E-state index contributed by atoms with van der Waals surface area (Å²) in [5, 5.41) is 2.74. The van der Waals surface area contributed by atoms with Crippen molar-refractivity contribution >= 4 is 11.7 Å². The van der Waals surface area contributed by atoms with Gasteiger partial charge in [-0.25, -0.2) is 4.98 Å². The lowest BCUT2D eigenvalue weighted by atomic mass is 10.2. The molecular weight excluding hydrogens is 176 g/mol. The van der Waals surface area contributed by atoms with Crippen LogP contribution in [0.5, 0.6) is 0 Å². The summed E-state index contributed by atoms with van der Waals surface area (Å²) in [6.45, 7) is 4.06. The van der Waals surface area contributed by atoms with Crippen LogP contribution in [0.25, 0.3) is 0 Å². The molecule has 14 heavy (non-hydrogen) atoms. The Labute approximate surface area is 84.6 Å². The lowest BCUT2D eigenvalue weighted by Gasteiger charge is -2.03. The molecule has 0 bridgehead atoms. The maximum absolute atomic E-state index is 11.2. The molecule has 0 saturated heterocycles. The van der Waals surface area contributed by atoms with E-state index in [4.69, 9.17) is 0 Å². The fourth-order valence-corrected chi connectivity index (χ4v) is 1.14. The van der Waals surface area contributed by atoms with E-state index in [0.29, 0.717) is 12.2 Å². The second kappa shape index (κ2) is 5.37. The number of nitrogens with zero attached hydrogens (tertiary/aromatic N) is 1. The molecule has 0 atom stereocenters. The first-order valence-electron chi connectivity index (χ1n) is 5.01. The third-order valence-corrected chi connectivity index (χ3v) is 1.98. The molecular formula is C11H16N2O. The number of pyridine rings is 1. The number of carbonyl (C=O) groups excluding carboxylic acids is 1. The minimum atomic E-state index is 0.0317. The van der Waals surface area contributed by atoms with Gasteiger partial charge in [0.15, 0.2) is 0 Å². The maximum atomic E-state index is 11.2. The highest BCUT2D eigenvalue weighted by Crippen LogP contribution is 2.06. The zero-order chi connectivity index (χ0) is 10.4. The maximum Gasteiger partial charge on any atom is 0.225 e. The number of hydrogen-bond donors (Lipinski definition) is 1. The number of aromatic nitrogens is 1. The quantitative estimate of drug-likeness (QED) is 0.795. The number of carbonyl (C=O) groups is 1. The molecule has 0 aliphatic heterocycles. The number of nitrogens with one attached hydrogen (secondary N) is 1. The Bertz CT molecular complexity index is 293. The van der Waals surface area contributed by atoms with Crippen LogP contribution in [0.3, 0.4) is 0 Å². The largest absolute Gasteiger partial charge is 0.311 e. The van der Waals surface area contributed by atoms with Gasteiger partial charge < -0.3 is 5.32 Å². The van der Waals surface area contributed by atoms with Crippen molar-refractivity contribution in [3.8, 4) is 0 Å². The van der Waals surface area contributed by atoms with E-state index in [1.807, 2.05) is 19.1 Å². The van der Waals surface area contributed by atoms with E-state index >= 15 is 0 Å². The second-order valence-corrected chi connectivity index (χ2v) is 3.20. The van der Waals surface area contributed by atoms with Crippen LogP contribution in [0.4, 0.5) is 5.82 Å². The summed E-state index contributed by atoms with van der Waals surface area (Å²) in [6.07, 6.45) is 4.17. The van der Waals surface area contributed by atoms with Crippen molar-refractivity contribution in [2.45, 2.75) is 33.1 Å². The molecule has 3 heteroatoms. The third-order valence-electron chi connectivity index (χ3n) is 1.98. The van der Waals surface area contributed by atoms with Gasteiger partial charge in [0.25, 0.3) is 0 Å². The molecule has 1 aromatic rings. The van der Waals surface area contributed by atoms with Crippen LogP contribution in [0.2, 0.25) is 0 Å². The van der Waals surface area contributed by atoms with Gasteiger partial charge in [-0.15, -0.1) is 0 Å². The van der Waals surface area contributed by atoms with Crippen LogP contribution in [-0.2, 0) is 11.2 Å². The standard InChI is InChI=1S/C11H16N2O/c1-3-5-11(14)13-10-7-6-9(4-2)8-12-10/h6-8H,3-5H2,1-2H3,(H,12,13,14). The molecule has 0 fully saturated rings. The van der Waals surface area contributed by atoms with E-state index in [2.05, 4.69) is 17.2 Å². The van der Waals surface area contributed by atoms with Crippen LogP contribution < -0.4 is 5.32 Å². The molecule has 1 amide bonds. The van der Waals surface area contributed by atoms with Crippen molar-refractivity contribution < 1.29 is 4.79 Å². The van der Waals surface area contributed by atoms with Gasteiger partial charge in [0.2, 0.25) is 5.91 Å². The number of aryl methyl sites for hydroxylation is 1. The van der Waals surface area contributed by atoms with Gasteiger partial charge in [0.1, 0.15) is 5.82 Å². The molecule has 3 nitrogen and oxygen atoms in total. The average molecular weight is 192 g/mol. The summed E-state index contributed by atoms with van der Waals surface area (Å²) >= 11 is 0. The zero-order valence-electron chi connectivity index (χ0n) is 8.71. The van der Waals surface area contributed by atoms with E-state index < -0.39 is 0 Å². The van der Waals surface area contributed by atoms with Gasteiger partial charge in [-0.1, -0.05) is 19.9 Å². The van der Waals surface area contributed by atoms with Crippen LogP contribution in [-0.4, -0.2) is 10.9 Å².